The van der Waals surface area contributed by atoms with E-state index >= 15 is 0 Å². The third-order valence-corrected chi connectivity index (χ3v) is 2.72. The van der Waals surface area contributed by atoms with Crippen molar-refractivity contribution in [3.8, 4) is 0 Å². The number of carbonyl (C=O) groups is 1. The fourth-order valence-electron chi connectivity index (χ4n) is 1.83. The summed E-state index contributed by atoms with van der Waals surface area (Å²) < 4.78 is 0. The van der Waals surface area contributed by atoms with Gasteiger partial charge in [0.2, 0.25) is 5.91 Å². The fraction of sp³-hybridized carbons (Fsp3) is 0.875. The molecule has 0 aromatic heterocycles. The normalized spacial score (nSPS) is 32.6. The molecule has 0 spiro atoms. The van der Waals surface area contributed by atoms with Gasteiger partial charge in [-0.2, -0.15) is 0 Å². The van der Waals surface area contributed by atoms with Crippen molar-refractivity contribution < 1.29 is 4.79 Å². The molecule has 1 aliphatic carbocycles. The van der Waals surface area contributed by atoms with Gasteiger partial charge < -0.3 is 4.90 Å². The number of amides is 1. The van der Waals surface area contributed by atoms with Gasteiger partial charge in [-0.1, -0.05) is 0 Å². The molecule has 1 N–H and O–H groups in total. The summed E-state index contributed by atoms with van der Waals surface area (Å²) in [6.45, 7) is 2.60. The summed E-state index contributed by atoms with van der Waals surface area (Å²) in [5.74, 6) is 0.280. The lowest BCUT2D eigenvalue weighted by molar-refractivity contribution is -0.131. The molecule has 2 aliphatic rings. The Morgan fingerprint density at radius 1 is 1.55 bits per heavy atom. The molecule has 1 aliphatic heterocycles. The van der Waals surface area contributed by atoms with E-state index in [4.69, 9.17) is 0 Å². The van der Waals surface area contributed by atoms with E-state index in [0.29, 0.717) is 12.6 Å². The van der Waals surface area contributed by atoms with Gasteiger partial charge in [-0.15, -0.1) is 0 Å². The Kier molecular flexibility index (Phi) is 1.60. The zero-order chi connectivity index (χ0) is 7.84. The van der Waals surface area contributed by atoms with Gasteiger partial charge in [-0.3, -0.25) is 10.1 Å². The number of hydrogen-bond acceptors (Lipinski definition) is 2. The maximum Gasteiger partial charge on any atom is 0.238 e. The van der Waals surface area contributed by atoms with Crippen LogP contribution in [0, 0.1) is 0 Å². The van der Waals surface area contributed by atoms with E-state index in [0.717, 1.165) is 0 Å². The Hall–Kier alpha value is -0.570. The molecule has 0 radical (unpaired) electrons. The number of nitrogens with one attached hydrogen (secondary N) is 1. The molecule has 1 saturated carbocycles. The fourth-order valence-corrected chi connectivity index (χ4v) is 1.83. The summed E-state index contributed by atoms with van der Waals surface area (Å²) in [5.41, 5.74) is 0. The maximum absolute atomic E-state index is 11.3. The number of carbonyl (C=O) groups excluding carboxylic acids is 1. The average Bonchev–Trinajstić information content (AvgIpc) is 2.15. The quantitative estimate of drug-likeness (QED) is 0.590. The second-order valence-corrected chi connectivity index (χ2v) is 3.44. The van der Waals surface area contributed by atoms with E-state index < -0.39 is 0 Å². The molecule has 1 atom stereocenters. The minimum atomic E-state index is 0.271. The SMILES string of the molecule is CC1NCC(=O)N1C1CCC1. The molecule has 62 valence electrons. The molecule has 11 heavy (non-hydrogen) atoms. The molecule has 1 unspecified atom stereocenters. The molecular formula is C8H14N2O. The van der Waals surface area contributed by atoms with Crippen molar-refractivity contribution in [2.75, 3.05) is 6.54 Å². The van der Waals surface area contributed by atoms with Gasteiger partial charge in [0.1, 0.15) is 0 Å². The van der Waals surface area contributed by atoms with Crippen molar-refractivity contribution in [3.05, 3.63) is 0 Å². The van der Waals surface area contributed by atoms with Crippen LogP contribution in [0.15, 0.2) is 0 Å². The first-order valence-electron chi connectivity index (χ1n) is 4.33. The van der Waals surface area contributed by atoms with Crippen molar-refractivity contribution >= 4 is 5.91 Å². The third kappa shape index (κ3) is 1.03. The highest BCUT2D eigenvalue weighted by atomic mass is 16.2. The lowest BCUT2D eigenvalue weighted by Crippen LogP contribution is -2.46. The van der Waals surface area contributed by atoms with Crippen LogP contribution in [0.25, 0.3) is 0 Å². The highest BCUT2D eigenvalue weighted by Crippen LogP contribution is 2.27. The smallest absolute Gasteiger partial charge is 0.238 e. The van der Waals surface area contributed by atoms with Crippen LogP contribution in [0.5, 0.6) is 0 Å². The van der Waals surface area contributed by atoms with Crippen molar-refractivity contribution in [2.24, 2.45) is 0 Å². The molecule has 0 aromatic rings. The molecule has 2 rings (SSSR count). The summed E-state index contributed by atoms with van der Waals surface area (Å²) in [4.78, 5) is 13.3. The van der Waals surface area contributed by atoms with E-state index in [9.17, 15) is 4.79 Å². The Bertz CT molecular complexity index is 177. The van der Waals surface area contributed by atoms with Crippen molar-refractivity contribution in [1.82, 2.24) is 10.2 Å². The van der Waals surface area contributed by atoms with Crippen LogP contribution in [0.3, 0.4) is 0 Å². The zero-order valence-electron chi connectivity index (χ0n) is 6.84. The van der Waals surface area contributed by atoms with E-state index in [-0.39, 0.29) is 12.1 Å². The number of hydrogen-bond donors (Lipinski definition) is 1. The number of rotatable bonds is 1. The van der Waals surface area contributed by atoms with Crippen LogP contribution >= 0.6 is 0 Å². The molecule has 1 saturated heterocycles. The van der Waals surface area contributed by atoms with E-state index in [2.05, 4.69) is 12.2 Å². The maximum atomic E-state index is 11.3. The standard InChI is InChI=1S/C8H14N2O/c1-6-9-5-8(11)10(6)7-3-2-4-7/h6-7,9H,2-5H2,1H3. The van der Waals surface area contributed by atoms with Crippen molar-refractivity contribution in [1.29, 1.82) is 0 Å². The Morgan fingerprint density at radius 3 is 2.64 bits per heavy atom. The lowest BCUT2D eigenvalue weighted by Gasteiger charge is -2.37. The molecule has 1 heterocycles. The second-order valence-electron chi connectivity index (χ2n) is 3.44. The molecule has 1 amide bonds. The van der Waals surface area contributed by atoms with Crippen LogP contribution in [-0.2, 0) is 4.79 Å². The number of nitrogens with zero attached hydrogens (tertiary/aromatic N) is 1. The second kappa shape index (κ2) is 2.48. The molecule has 0 bridgehead atoms. The topological polar surface area (TPSA) is 32.3 Å². The highest BCUT2D eigenvalue weighted by Gasteiger charge is 2.35. The molecular weight excluding hydrogens is 140 g/mol. The summed E-state index contributed by atoms with van der Waals surface area (Å²) in [6, 6.07) is 0.549. The Labute approximate surface area is 66.8 Å². The van der Waals surface area contributed by atoms with Gasteiger partial charge in [0.25, 0.3) is 0 Å². The zero-order valence-corrected chi connectivity index (χ0v) is 6.84. The van der Waals surface area contributed by atoms with Crippen LogP contribution in [0.2, 0.25) is 0 Å². The third-order valence-electron chi connectivity index (χ3n) is 2.72. The predicted molar refractivity (Wildman–Crippen MR) is 41.9 cm³/mol. The molecule has 3 heteroatoms. The van der Waals surface area contributed by atoms with Crippen molar-refractivity contribution in [3.63, 3.8) is 0 Å². The van der Waals surface area contributed by atoms with Gasteiger partial charge in [0.05, 0.1) is 12.7 Å². The van der Waals surface area contributed by atoms with Crippen LogP contribution in [-0.4, -0.2) is 29.6 Å². The first kappa shape index (κ1) is 7.10. The first-order chi connectivity index (χ1) is 5.29. The molecule has 2 fully saturated rings. The van der Waals surface area contributed by atoms with Gasteiger partial charge in [0, 0.05) is 6.04 Å². The minimum absolute atomic E-state index is 0.271. The van der Waals surface area contributed by atoms with Crippen LogP contribution in [0.4, 0.5) is 0 Å². The summed E-state index contributed by atoms with van der Waals surface area (Å²) in [6.07, 6.45) is 3.98. The highest BCUT2D eigenvalue weighted by molar-refractivity contribution is 5.81. The van der Waals surface area contributed by atoms with E-state index in [1.807, 2.05) is 4.90 Å². The molecule has 0 aromatic carbocycles. The summed E-state index contributed by atoms with van der Waals surface area (Å²) in [5, 5.41) is 3.14. The largest absolute Gasteiger partial charge is 0.323 e. The average molecular weight is 154 g/mol. The summed E-state index contributed by atoms with van der Waals surface area (Å²) >= 11 is 0. The van der Waals surface area contributed by atoms with E-state index in [1.54, 1.807) is 0 Å². The van der Waals surface area contributed by atoms with E-state index in [1.165, 1.54) is 19.3 Å². The summed E-state index contributed by atoms with van der Waals surface area (Å²) in [7, 11) is 0. The predicted octanol–water partition coefficient (Wildman–Crippen LogP) is 0.317. The minimum Gasteiger partial charge on any atom is -0.323 e. The van der Waals surface area contributed by atoms with Gasteiger partial charge >= 0.3 is 0 Å². The Morgan fingerprint density at radius 2 is 2.27 bits per heavy atom. The van der Waals surface area contributed by atoms with Gasteiger partial charge in [0.15, 0.2) is 0 Å². The Balaban J connectivity index is 2.03. The molecule has 3 nitrogen and oxygen atoms in total. The van der Waals surface area contributed by atoms with Gasteiger partial charge in [-0.25, -0.2) is 0 Å². The van der Waals surface area contributed by atoms with Crippen LogP contribution < -0.4 is 5.32 Å². The van der Waals surface area contributed by atoms with Crippen LogP contribution in [0.1, 0.15) is 26.2 Å². The van der Waals surface area contributed by atoms with Crippen molar-refractivity contribution in [2.45, 2.75) is 38.4 Å². The lowest BCUT2D eigenvalue weighted by atomic mass is 9.91. The first-order valence-corrected chi connectivity index (χ1v) is 4.33. The monoisotopic (exact) mass is 154 g/mol. The van der Waals surface area contributed by atoms with Gasteiger partial charge in [-0.05, 0) is 26.2 Å².